The maximum atomic E-state index is 9.99. The van der Waals surface area contributed by atoms with Crippen molar-refractivity contribution in [3.63, 3.8) is 0 Å². The van der Waals surface area contributed by atoms with Crippen LogP contribution in [0.1, 0.15) is 17.0 Å². The summed E-state index contributed by atoms with van der Waals surface area (Å²) < 4.78 is 22.1. The van der Waals surface area contributed by atoms with Crippen LogP contribution in [-0.4, -0.2) is 21.3 Å². The highest BCUT2D eigenvalue weighted by Gasteiger charge is 2.36. The highest BCUT2D eigenvalue weighted by atomic mass is 16.5. The molecule has 2 aromatic rings. The molecule has 0 saturated carbocycles. The minimum absolute atomic E-state index is 0.0628. The van der Waals surface area contributed by atoms with Crippen LogP contribution < -0.4 is 19.9 Å². The summed E-state index contributed by atoms with van der Waals surface area (Å²) in [5.74, 6) is 0.608. The molecule has 0 unspecified atom stereocenters. The lowest BCUT2D eigenvalue weighted by Gasteiger charge is -2.27. The van der Waals surface area contributed by atoms with Crippen molar-refractivity contribution < 1.29 is 18.9 Å². The second-order valence-electron chi connectivity index (χ2n) is 6.07. The minimum Gasteiger partial charge on any atom is -0.493 e. The lowest BCUT2D eigenvalue weighted by atomic mass is 9.82. The van der Waals surface area contributed by atoms with E-state index in [9.17, 15) is 10.5 Å². The van der Waals surface area contributed by atoms with E-state index in [1.165, 1.54) is 21.3 Å². The van der Waals surface area contributed by atoms with Crippen molar-refractivity contribution in [2.75, 3.05) is 21.3 Å². The van der Waals surface area contributed by atoms with Crippen LogP contribution in [-0.2, 0) is 4.74 Å². The smallest absolute Gasteiger partial charge is 0.205 e. The normalized spacial score (nSPS) is 15.8. The van der Waals surface area contributed by atoms with Crippen molar-refractivity contribution in [2.45, 2.75) is 5.92 Å². The number of rotatable bonds is 5. The Morgan fingerprint density at radius 2 is 1.52 bits per heavy atom. The summed E-state index contributed by atoms with van der Waals surface area (Å²) in [6, 6.07) is 16.8. The Morgan fingerprint density at radius 1 is 0.862 bits per heavy atom. The minimum atomic E-state index is -0.788. The molecule has 0 saturated heterocycles. The highest BCUT2D eigenvalue weighted by molar-refractivity contribution is 5.75. The molecule has 7 heteroatoms. The molecule has 0 aromatic heterocycles. The maximum absolute atomic E-state index is 9.99. The third-order valence-corrected chi connectivity index (χ3v) is 4.62. The van der Waals surface area contributed by atoms with Crippen LogP contribution in [0, 0.1) is 22.7 Å². The topological polar surface area (TPSA) is 111 Å². The number of allylic oxidation sites excluding steroid dienone is 2. The first-order valence-electron chi connectivity index (χ1n) is 8.67. The van der Waals surface area contributed by atoms with Crippen molar-refractivity contribution in [3.05, 3.63) is 70.6 Å². The summed E-state index contributed by atoms with van der Waals surface area (Å²) in [5, 5.41) is 19.7. The molecule has 0 bridgehead atoms. The van der Waals surface area contributed by atoms with E-state index in [1.807, 2.05) is 18.2 Å². The molecule has 0 spiro atoms. The molecule has 0 aliphatic carbocycles. The molecule has 1 aliphatic rings. The first kappa shape index (κ1) is 19.7. The van der Waals surface area contributed by atoms with E-state index >= 15 is 0 Å². The molecule has 0 amide bonds. The van der Waals surface area contributed by atoms with Gasteiger partial charge in [-0.15, -0.1) is 0 Å². The van der Waals surface area contributed by atoms with Crippen molar-refractivity contribution in [1.29, 1.82) is 10.5 Å². The number of hydrogen-bond acceptors (Lipinski definition) is 7. The standard InChI is InChI=1S/C22H19N3O4/c1-26-17-10-9-14(20(27-2)21(17)28-3)18-15(11-23)19(13-7-5-4-6-8-13)29-22(25)16(18)12-24/h4-10,18H,25H2,1-3H3/t18-/m1/s1. The Labute approximate surface area is 168 Å². The van der Waals surface area contributed by atoms with Gasteiger partial charge in [-0.3, -0.25) is 0 Å². The van der Waals surface area contributed by atoms with E-state index in [0.29, 0.717) is 34.1 Å². The Hall–Kier alpha value is -4.10. The van der Waals surface area contributed by atoms with Crippen molar-refractivity contribution >= 4 is 5.76 Å². The Kier molecular flexibility index (Phi) is 5.61. The van der Waals surface area contributed by atoms with Crippen LogP contribution in [0.3, 0.4) is 0 Å². The highest BCUT2D eigenvalue weighted by Crippen LogP contribution is 2.49. The number of nitriles is 2. The van der Waals surface area contributed by atoms with Gasteiger partial charge in [0.05, 0.1) is 38.9 Å². The first-order valence-corrected chi connectivity index (χ1v) is 8.67. The van der Waals surface area contributed by atoms with Gasteiger partial charge in [-0.05, 0) is 6.07 Å². The summed E-state index contributed by atoms with van der Waals surface area (Å²) in [6.07, 6.45) is 0. The average Bonchev–Trinajstić information content (AvgIpc) is 2.77. The maximum Gasteiger partial charge on any atom is 0.205 e. The molecular formula is C22H19N3O4. The van der Waals surface area contributed by atoms with Gasteiger partial charge >= 0.3 is 0 Å². The molecule has 29 heavy (non-hydrogen) atoms. The number of nitrogens with zero attached hydrogens (tertiary/aromatic N) is 2. The van der Waals surface area contributed by atoms with Gasteiger partial charge in [-0.2, -0.15) is 10.5 Å². The van der Waals surface area contributed by atoms with Gasteiger partial charge in [-0.25, -0.2) is 0 Å². The van der Waals surface area contributed by atoms with Gasteiger partial charge in [0.1, 0.15) is 11.6 Å². The Bertz CT molecular complexity index is 1080. The van der Waals surface area contributed by atoms with Crippen molar-refractivity contribution in [2.24, 2.45) is 5.73 Å². The van der Waals surface area contributed by atoms with Gasteiger partial charge in [0.15, 0.2) is 17.3 Å². The van der Waals surface area contributed by atoms with Crippen LogP contribution in [0.25, 0.3) is 5.76 Å². The van der Waals surface area contributed by atoms with Crippen molar-refractivity contribution in [1.82, 2.24) is 0 Å². The predicted molar refractivity (Wildman–Crippen MR) is 106 cm³/mol. The second-order valence-corrected chi connectivity index (χ2v) is 6.07. The fourth-order valence-corrected chi connectivity index (χ4v) is 3.34. The summed E-state index contributed by atoms with van der Waals surface area (Å²) >= 11 is 0. The van der Waals surface area contributed by atoms with Crippen LogP contribution in [0.15, 0.2) is 59.5 Å². The monoisotopic (exact) mass is 389 g/mol. The zero-order valence-corrected chi connectivity index (χ0v) is 16.2. The molecule has 1 aliphatic heterocycles. The zero-order chi connectivity index (χ0) is 21.0. The predicted octanol–water partition coefficient (Wildman–Crippen LogP) is 3.45. The quantitative estimate of drug-likeness (QED) is 0.834. The summed E-state index contributed by atoms with van der Waals surface area (Å²) in [4.78, 5) is 0. The molecule has 7 nitrogen and oxygen atoms in total. The number of hydrogen-bond donors (Lipinski definition) is 1. The molecular weight excluding hydrogens is 370 g/mol. The van der Waals surface area contributed by atoms with Crippen LogP contribution in [0.5, 0.6) is 17.2 Å². The van der Waals surface area contributed by atoms with Gasteiger partial charge in [-0.1, -0.05) is 36.4 Å². The molecule has 2 aromatic carbocycles. The van der Waals surface area contributed by atoms with Gasteiger partial charge in [0, 0.05) is 11.1 Å². The van der Waals surface area contributed by atoms with E-state index in [-0.39, 0.29) is 17.0 Å². The summed E-state index contributed by atoms with van der Waals surface area (Å²) in [7, 11) is 4.48. The number of ether oxygens (including phenoxy) is 4. The second kappa shape index (κ2) is 8.28. The van der Waals surface area contributed by atoms with E-state index < -0.39 is 5.92 Å². The summed E-state index contributed by atoms with van der Waals surface area (Å²) in [5.41, 5.74) is 7.65. The average molecular weight is 389 g/mol. The first-order chi connectivity index (χ1) is 14.1. The SMILES string of the molecule is COc1ccc([C@H]2C(C#N)=C(N)OC(c3ccccc3)=C2C#N)c(OC)c1OC. The Balaban J connectivity index is 2.33. The molecule has 1 heterocycles. The zero-order valence-electron chi connectivity index (χ0n) is 16.2. The largest absolute Gasteiger partial charge is 0.493 e. The van der Waals surface area contributed by atoms with E-state index in [4.69, 9.17) is 24.7 Å². The number of nitrogens with two attached hydrogens (primary N) is 1. The lowest BCUT2D eigenvalue weighted by molar-refractivity contribution is 0.320. The molecule has 0 radical (unpaired) electrons. The molecule has 2 N–H and O–H groups in total. The van der Waals surface area contributed by atoms with Crippen LogP contribution >= 0.6 is 0 Å². The number of benzene rings is 2. The molecule has 0 fully saturated rings. The fraction of sp³-hybridized carbons (Fsp3) is 0.182. The van der Waals surface area contributed by atoms with Crippen LogP contribution in [0.2, 0.25) is 0 Å². The Morgan fingerprint density at radius 3 is 2.07 bits per heavy atom. The summed E-state index contributed by atoms with van der Waals surface area (Å²) in [6.45, 7) is 0. The van der Waals surface area contributed by atoms with Gasteiger partial charge in [0.2, 0.25) is 11.6 Å². The third-order valence-electron chi connectivity index (χ3n) is 4.62. The molecule has 1 atom stereocenters. The lowest BCUT2D eigenvalue weighted by Crippen LogP contribution is -2.20. The van der Waals surface area contributed by atoms with E-state index in [0.717, 1.165) is 0 Å². The number of methoxy groups -OCH3 is 3. The van der Waals surface area contributed by atoms with Crippen molar-refractivity contribution in [3.8, 4) is 29.4 Å². The van der Waals surface area contributed by atoms with E-state index in [2.05, 4.69) is 12.1 Å². The van der Waals surface area contributed by atoms with E-state index in [1.54, 1.807) is 24.3 Å². The third kappa shape index (κ3) is 3.30. The molecule has 146 valence electrons. The molecule has 3 rings (SSSR count). The van der Waals surface area contributed by atoms with Gasteiger partial charge < -0.3 is 24.7 Å². The van der Waals surface area contributed by atoms with Gasteiger partial charge in [0.25, 0.3) is 0 Å². The van der Waals surface area contributed by atoms with Crippen LogP contribution in [0.4, 0.5) is 0 Å². The fourth-order valence-electron chi connectivity index (χ4n) is 3.34.